The number of pyridine rings is 1. The first-order chi connectivity index (χ1) is 9.69. The zero-order valence-electron chi connectivity index (χ0n) is 11.2. The maximum atomic E-state index is 11.7. The van der Waals surface area contributed by atoms with Gasteiger partial charge < -0.3 is 9.47 Å². The Kier molecular flexibility index (Phi) is 4.74. The fourth-order valence-corrected chi connectivity index (χ4v) is 2.33. The summed E-state index contributed by atoms with van der Waals surface area (Å²) in [5.74, 6) is 0.400. The van der Waals surface area contributed by atoms with Crippen molar-refractivity contribution in [3.8, 4) is 17.0 Å². The van der Waals surface area contributed by atoms with Crippen LogP contribution in [-0.4, -0.2) is 25.2 Å². The van der Waals surface area contributed by atoms with Crippen LogP contribution in [-0.2, 0) is 10.1 Å². The Morgan fingerprint density at radius 1 is 1.25 bits per heavy atom. The maximum Gasteiger partial charge on any atom is 0.338 e. The average Bonchev–Trinajstić information content (AvgIpc) is 2.53. The van der Waals surface area contributed by atoms with E-state index in [0.717, 1.165) is 22.6 Å². The lowest BCUT2D eigenvalue weighted by atomic mass is 10.0. The predicted molar refractivity (Wildman–Crippen MR) is 80.2 cm³/mol. The number of benzene rings is 1. The van der Waals surface area contributed by atoms with Gasteiger partial charge in [-0.3, -0.25) is 4.98 Å². The summed E-state index contributed by atoms with van der Waals surface area (Å²) in [5, 5.41) is 0.565. The summed E-state index contributed by atoms with van der Waals surface area (Å²) in [6.45, 7) is 0. The van der Waals surface area contributed by atoms with Gasteiger partial charge in [-0.1, -0.05) is 22.0 Å². The Bertz CT molecular complexity index is 628. The van der Waals surface area contributed by atoms with E-state index >= 15 is 0 Å². The Morgan fingerprint density at radius 3 is 2.70 bits per heavy atom. The molecule has 2 aromatic rings. The van der Waals surface area contributed by atoms with Crippen molar-refractivity contribution in [2.45, 2.75) is 5.33 Å². The number of rotatable bonds is 4. The minimum absolute atomic E-state index is 0.343. The summed E-state index contributed by atoms with van der Waals surface area (Å²) in [6, 6.07) is 9.16. The molecule has 0 N–H and O–H groups in total. The second-order valence-corrected chi connectivity index (χ2v) is 4.64. The molecule has 1 aromatic carbocycles. The van der Waals surface area contributed by atoms with Crippen LogP contribution in [0.25, 0.3) is 11.3 Å². The van der Waals surface area contributed by atoms with Crippen molar-refractivity contribution < 1.29 is 14.3 Å². The molecule has 0 amide bonds. The molecular formula is C15H14BrNO3. The summed E-state index contributed by atoms with van der Waals surface area (Å²) in [4.78, 5) is 16.0. The van der Waals surface area contributed by atoms with Crippen LogP contribution in [0.2, 0.25) is 0 Å². The Hall–Kier alpha value is -1.88. The third-order valence-corrected chi connectivity index (χ3v) is 3.52. The molecule has 1 aromatic heterocycles. The number of esters is 1. The minimum atomic E-state index is -0.343. The lowest BCUT2D eigenvalue weighted by molar-refractivity contribution is 0.0600. The number of methoxy groups -OCH3 is 2. The molecule has 0 saturated heterocycles. The lowest BCUT2D eigenvalue weighted by Gasteiger charge is -2.09. The minimum Gasteiger partial charge on any atom is -0.497 e. The molecule has 0 atom stereocenters. The summed E-state index contributed by atoms with van der Waals surface area (Å²) < 4.78 is 9.95. The Balaban J connectivity index is 2.45. The molecule has 1 heterocycles. The van der Waals surface area contributed by atoms with Gasteiger partial charge in [-0.15, -0.1) is 0 Å². The molecule has 0 saturated carbocycles. The molecule has 20 heavy (non-hydrogen) atoms. The van der Waals surface area contributed by atoms with Crippen LogP contribution in [0.3, 0.4) is 0 Å². The van der Waals surface area contributed by atoms with Crippen molar-refractivity contribution in [2.24, 2.45) is 0 Å². The number of nitrogens with zero attached hydrogens (tertiary/aromatic N) is 1. The number of hydrogen-bond acceptors (Lipinski definition) is 4. The molecule has 104 valence electrons. The number of hydrogen-bond donors (Lipinski definition) is 0. The average molecular weight is 336 g/mol. The lowest BCUT2D eigenvalue weighted by Crippen LogP contribution is -2.05. The number of ether oxygens (including phenoxy) is 2. The predicted octanol–water partition coefficient (Wildman–Crippen LogP) is 3.44. The number of carbonyl (C=O) groups is 1. The van der Waals surface area contributed by atoms with Crippen LogP contribution >= 0.6 is 15.9 Å². The molecule has 0 unspecified atom stereocenters. The van der Waals surface area contributed by atoms with Gasteiger partial charge in [0, 0.05) is 23.2 Å². The van der Waals surface area contributed by atoms with Crippen molar-refractivity contribution in [1.82, 2.24) is 4.98 Å². The van der Waals surface area contributed by atoms with Gasteiger partial charge in [0.25, 0.3) is 0 Å². The second-order valence-electron chi connectivity index (χ2n) is 4.08. The van der Waals surface area contributed by atoms with Gasteiger partial charge >= 0.3 is 5.97 Å². The third-order valence-electron chi connectivity index (χ3n) is 2.92. The number of carbonyl (C=O) groups excluding carboxylic acids is 1. The first-order valence-electron chi connectivity index (χ1n) is 5.97. The van der Waals surface area contributed by atoms with E-state index in [2.05, 4.69) is 20.9 Å². The highest BCUT2D eigenvalue weighted by Crippen LogP contribution is 2.25. The van der Waals surface area contributed by atoms with Gasteiger partial charge in [0.2, 0.25) is 0 Å². The molecule has 0 aliphatic heterocycles. The fraction of sp³-hybridized carbons (Fsp3) is 0.200. The molecule has 0 radical (unpaired) electrons. The molecule has 2 rings (SSSR count). The maximum absolute atomic E-state index is 11.7. The van der Waals surface area contributed by atoms with E-state index in [4.69, 9.17) is 9.47 Å². The van der Waals surface area contributed by atoms with Crippen molar-refractivity contribution in [3.05, 3.63) is 47.7 Å². The van der Waals surface area contributed by atoms with Crippen LogP contribution in [0.15, 0.2) is 36.5 Å². The molecule has 0 fully saturated rings. The van der Waals surface area contributed by atoms with E-state index < -0.39 is 0 Å². The van der Waals surface area contributed by atoms with Crippen LogP contribution in [0, 0.1) is 0 Å². The third kappa shape index (κ3) is 2.99. The topological polar surface area (TPSA) is 48.4 Å². The first kappa shape index (κ1) is 14.5. The van der Waals surface area contributed by atoms with Gasteiger partial charge in [-0.2, -0.15) is 0 Å². The van der Waals surface area contributed by atoms with Gasteiger partial charge in [0.15, 0.2) is 0 Å². The summed E-state index contributed by atoms with van der Waals surface area (Å²) >= 11 is 3.39. The van der Waals surface area contributed by atoms with Gasteiger partial charge in [0.1, 0.15) is 5.75 Å². The molecule has 0 aliphatic carbocycles. The van der Waals surface area contributed by atoms with Crippen LogP contribution < -0.4 is 4.74 Å². The second kappa shape index (κ2) is 6.52. The van der Waals surface area contributed by atoms with Gasteiger partial charge in [-0.05, 0) is 23.8 Å². The molecule has 0 aliphatic rings. The van der Waals surface area contributed by atoms with E-state index in [9.17, 15) is 4.79 Å². The van der Waals surface area contributed by atoms with Crippen molar-refractivity contribution in [3.63, 3.8) is 0 Å². The van der Waals surface area contributed by atoms with Crippen molar-refractivity contribution >= 4 is 21.9 Å². The molecule has 0 bridgehead atoms. The van der Waals surface area contributed by atoms with Crippen LogP contribution in [0.1, 0.15) is 15.9 Å². The highest BCUT2D eigenvalue weighted by atomic mass is 79.9. The highest BCUT2D eigenvalue weighted by Gasteiger charge is 2.12. The Morgan fingerprint density at radius 2 is 2.05 bits per heavy atom. The first-order valence-corrected chi connectivity index (χ1v) is 7.09. The van der Waals surface area contributed by atoms with Crippen LogP contribution in [0.5, 0.6) is 5.75 Å². The van der Waals surface area contributed by atoms with E-state index in [1.807, 2.05) is 18.2 Å². The van der Waals surface area contributed by atoms with Gasteiger partial charge in [-0.25, -0.2) is 4.79 Å². The molecule has 5 heteroatoms. The van der Waals surface area contributed by atoms with Crippen molar-refractivity contribution in [2.75, 3.05) is 14.2 Å². The molecule has 4 nitrogen and oxygen atoms in total. The van der Waals surface area contributed by atoms with Crippen molar-refractivity contribution in [1.29, 1.82) is 0 Å². The summed E-state index contributed by atoms with van der Waals surface area (Å²) in [6.07, 6.45) is 1.69. The standard InChI is InChI=1S/C15H14BrNO3/c1-19-12-5-6-17-14(8-12)10-3-4-13(15(18)20-2)11(7-10)9-16/h3-8H,9H2,1-2H3. The quantitative estimate of drug-likeness (QED) is 0.634. The summed E-state index contributed by atoms with van der Waals surface area (Å²) in [5.41, 5.74) is 3.13. The largest absolute Gasteiger partial charge is 0.497 e. The monoisotopic (exact) mass is 335 g/mol. The normalized spacial score (nSPS) is 10.2. The van der Waals surface area contributed by atoms with E-state index in [1.165, 1.54) is 7.11 Å². The van der Waals surface area contributed by atoms with Crippen LogP contribution in [0.4, 0.5) is 0 Å². The van der Waals surface area contributed by atoms with E-state index in [0.29, 0.717) is 10.9 Å². The summed E-state index contributed by atoms with van der Waals surface area (Å²) in [7, 11) is 2.99. The van der Waals surface area contributed by atoms with E-state index in [1.54, 1.807) is 25.4 Å². The smallest absolute Gasteiger partial charge is 0.338 e. The fourth-order valence-electron chi connectivity index (χ4n) is 1.87. The molecule has 0 spiro atoms. The SMILES string of the molecule is COC(=O)c1ccc(-c2cc(OC)ccn2)cc1CBr. The highest BCUT2D eigenvalue weighted by molar-refractivity contribution is 9.08. The zero-order valence-corrected chi connectivity index (χ0v) is 12.8. The number of alkyl halides is 1. The Labute approximate surface area is 125 Å². The zero-order chi connectivity index (χ0) is 14.5. The van der Waals surface area contributed by atoms with E-state index in [-0.39, 0.29) is 5.97 Å². The van der Waals surface area contributed by atoms with Gasteiger partial charge in [0.05, 0.1) is 25.5 Å². The number of aromatic nitrogens is 1. The number of halogens is 1. The molecular weight excluding hydrogens is 322 g/mol.